The average molecular weight is 272 g/mol. The molecule has 2 aromatic carbocycles. The molecule has 0 saturated carbocycles. The van der Waals surface area contributed by atoms with E-state index in [2.05, 4.69) is 0 Å². The minimum absolute atomic E-state index is 0.0211. The first-order valence-corrected chi connectivity index (χ1v) is 6.35. The highest BCUT2D eigenvalue weighted by Crippen LogP contribution is 2.23. The molecule has 0 N–H and O–H groups in total. The molecule has 104 valence electrons. The van der Waals surface area contributed by atoms with Gasteiger partial charge in [-0.2, -0.15) is 0 Å². The van der Waals surface area contributed by atoms with Gasteiger partial charge >= 0.3 is 11.9 Å². The summed E-state index contributed by atoms with van der Waals surface area (Å²) in [6, 6.07) is 13.7. The van der Waals surface area contributed by atoms with Crippen LogP contribution in [0.1, 0.15) is 25.5 Å². The van der Waals surface area contributed by atoms with Crippen molar-refractivity contribution in [2.24, 2.45) is 0 Å². The Balaban J connectivity index is 2.28. The van der Waals surface area contributed by atoms with Crippen LogP contribution >= 0.6 is 0 Å². The highest BCUT2D eigenvalue weighted by molar-refractivity contribution is 5.83. The molecule has 0 unspecified atom stereocenters. The second-order valence-corrected chi connectivity index (χ2v) is 4.51. The van der Waals surface area contributed by atoms with Gasteiger partial charge in [0.25, 0.3) is 0 Å². The number of benzene rings is 2. The third-order valence-electron chi connectivity index (χ3n) is 2.89. The molecule has 4 nitrogen and oxygen atoms in total. The fourth-order valence-corrected chi connectivity index (χ4v) is 2.00. The lowest BCUT2D eigenvalue weighted by molar-refractivity contribution is -0.156. The Kier molecular flexibility index (Phi) is 4.35. The second kappa shape index (κ2) is 6.19. The van der Waals surface area contributed by atoms with Crippen LogP contribution in [-0.2, 0) is 19.1 Å². The zero-order chi connectivity index (χ0) is 14.5. The molecular formula is C16H16O4. The molecule has 0 aliphatic carbocycles. The minimum atomic E-state index is -0.582. The monoisotopic (exact) mass is 272 g/mol. The lowest BCUT2D eigenvalue weighted by atomic mass is 10.0. The van der Waals surface area contributed by atoms with Crippen LogP contribution in [0.4, 0.5) is 0 Å². The molecule has 4 heteroatoms. The van der Waals surface area contributed by atoms with Gasteiger partial charge in [0.1, 0.15) is 6.61 Å². The van der Waals surface area contributed by atoms with Gasteiger partial charge in [0.05, 0.1) is 0 Å². The van der Waals surface area contributed by atoms with Crippen molar-refractivity contribution in [2.45, 2.75) is 20.0 Å². The fourth-order valence-electron chi connectivity index (χ4n) is 2.00. The van der Waals surface area contributed by atoms with Crippen molar-refractivity contribution < 1.29 is 19.1 Å². The Morgan fingerprint density at radius 2 is 1.70 bits per heavy atom. The third-order valence-corrected chi connectivity index (χ3v) is 2.89. The highest BCUT2D eigenvalue weighted by atomic mass is 16.6. The summed E-state index contributed by atoms with van der Waals surface area (Å²) in [6.07, 6.45) is -0.582. The van der Waals surface area contributed by atoms with E-state index in [9.17, 15) is 9.59 Å². The largest absolute Gasteiger partial charge is 0.462 e. The summed E-state index contributed by atoms with van der Waals surface area (Å²) in [5.41, 5.74) is 0.806. The van der Waals surface area contributed by atoms with Gasteiger partial charge in [-0.15, -0.1) is 0 Å². The SMILES string of the molecule is CC(=O)OC[C@@H](OC(C)=O)c1ccc2ccccc2c1. The van der Waals surface area contributed by atoms with Crippen LogP contribution in [0.25, 0.3) is 10.8 Å². The van der Waals surface area contributed by atoms with E-state index < -0.39 is 18.0 Å². The first-order chi connectivity index (χ1) is 9.56. The second-order valence-electron chi connectivity index (χ2n) is 4.51. The third kappa shape index (κ3) is 3.57. The van der Waals surface area contributed by atoms with Gasteiger partial charge in [-0.25, -0.2) is 0 Å². The summed E-state index contributed by atoms with van der Waals surface area (Å²) in [7, 11) is 0. The van der Waals surface area contributed by atoms with Crippen molar-refractivity contribution in [2.75, 3.05) is 6.61 Å². The Hall–Kier alpha value is -2.36. The van der Waals surface area contributed by atoms with Gasteiger partial charge in [-0.05, 0) is 22.4 Å². The zero-order valence-electron chi connectivity index (χ0n) is 11.5. The van der Waals surface area contributed by atoms with Crippen LogP contribution in [0, 0.1) is 0 Å². The topological polar surface area (TPSA) is 52.6 Å². The summed E-state index contributed by atoms with van der Waals surface area (Å²) in [4.78, 5) is 22.1. The maximum absolute atomic E-state index is 11.2. The normalized spacial score (nSPS) is 11.9. The minimum Gasteiger partial charge on any atom is -0.462 e. The van der Waals surface area contributed by atoms with Gasteiger partial charge < -0.3 is 9.47 Å². The van der Waals surface area contributed by atoms with E-state index in [1.165, 1.54) is 13.8 Å². The molecule has 0 fully saturated rings. The maximum Gasteiger partial charge on any atom is 0.303 e. The summed E-state index contributed by atoms with van der Waals surface area (Å²) in [5.74, 6) is -0.807. The lowest BCUT2D eigenvalue weighted by Gasteiger charge is -2.17. The number of hydrogen-bond donors (Lipinski definition) is 0. The molecule has 0 heterocycles. The summed E-state index contributed by atoms with van der Waals surface area (Å²) in [5, 5.41) is 2.15. The van der Waals surface area contributed by atoms with Gasteiger partial charge in [0.15, 0.2) is 6.10 Å². The van der Waals surface area contributed by atoms with E-state index >= 15 is 0 Å². The van der Waals surface area contributed by atoms with Gasteiger partial charge in [0.2, 0.25) is 0 Å². The zero-order valence-corrected chi connectivity index (χ0v) is 11.5. The van der Waals surface area contributed by atoms with Crippen molar-refractivity contribution in [3.63, 3.8) is 0 Å². The summed E-state index contributed by atoms with van der Waals surface area (Å²) < 4.78 is 10.2. The molecule has 0 aliphatic heterocycles. The molecule has 2 rings (SSSR count). The van der Waals surface area contributed by atoms with Crippen LogP contribution < -0.4 is 0 Å². The molecule has 0 saturated heterocycles. The smallest absolute Gasteiger partial charge is 0.303 e. The molecule has 0 amide bonds. The van der Waals surface area contributed by atoms with Crippen molar-refractivity contribution in [3.8, 4) is 0 Å². The highest BCUT2D eigenvalue weighted by Gasteiger charge is 2.16. The quantitative estimate of drug-likeness (QED) is 0.803. The Morgan fingerprint density at radius 3 is 2.35 bits per heavy atom. The van der Waals surface area contributed by atoms with Crippen LogP contribution in [0.2, 0.25) is 0 Å². The van der Waals surface area contributed by atoms with Crippen LogP contribution in [0.5, 0.6) is 0 Å². The van der Waals surface area contributed by atoms with Gasteiger partial charge in [-0.1, -0.05) is 36.4 Å². The van der Waals surface area contributed by atoms with Gasteiger partial charge in [0, 0.05) is 13.8 Å². The molecule has 20 heavy (non-hydrogen) atoms. The predicted octanol–water partition coefficient (Wildman–Crippen LogP) is 3.01. The molecule has 1 atom stereocenters. The molecule has 2 aromatic rings. The first kappa shape index (κ1) is 14.1. The summed E-state index contributed by atoms with van der Waals surface area (Å²) in [6.45, 7) is 2.68. The Labute approximate surface area is 117 Å². The molecular weight excluding hydrogens is 256 g/mol. The number of ether oxygens (including phenoxy) is 2. The Morgan fingerprint density at radius 1 is 1.00 bits per heavy atom. The van der Waals surface area contributed by atoms with E-state index in [0.717, 1.165) is 16.3 Å². The number of fused-ring (bicyclic) bond motifs is 1. The molecule has 0 aliphatic rings. The van der Waals surface area contributed by atoms with Gasteiger partial charge in [-0.3, -0.25) is 9.59 Å². The molecule has 0 aromatic heterocycles. The number of esters is 2. The number of carbonyl (C=O) groups is 2. The van der Waals surface area contributed by atoms with Crippen molar-refractivity contribution >= 4 is 22.7 Å². The standard InChI is InChI=1S/C16H16O4/c1-11(17)19-10-16(20-12(2)18)15-8-7-13-5-3-4-6-14(13)9-15/h3-9,16H,10H2,1-2H3/t16-/m1/s1. The van der Waals surface area contributed by atoms with Crippen molar-refractivity contribution in [1.82, 2.24) is 0 Å². The van der Waals surface area contributed by atoms with E-state index in [0.29, 0.717) is 0 Å². The predicted molar refractivity (Wildman–Crippen MR) is 75.1 cm³/mol. The number of carbonyl (C=O) groups excluding carboxylic acids is 2. The Bertz CT molecular complexity index is 633. The number of hydrogen-bond acceptors (Lipinski definition) is 4. The van der Waals surface area contributed by atoms with Crippen LogP contribution in [-0.4, -0.2) is 18.5 Å². The molecule has 0 radical (unpaired) electrons. The molecule has 0 spiro atoms. The van der Waals surface area contributed by atoms with E-state index in [1.54, 1.807) is 0 Å². The lowest BCUT2D eigenvalue weighted by Crippen LogP contribution is -2.16. The fraction of sp³-hybridized carbons (Fsp3) is 0.250. The van der Waals surface area contributed by atoms with Crippen LogP contribution in [0.3, 0.4) is 0 Å². The van der Waals surface area contributed by atoms with Crippen LogP contribution in [0.15, 0.2) is 42.5 Å². The van der Waals surface area contributed by atoms with E-state index in [1.807, 2.05) is 42.5 Å². The van der Waals surface area contributed by atoms with Crippen molar-refractivity contribution in [1.29, 1.82) is 0 Å². The number of rotatable bonds is 4. The first-order valence-electron chi connectivity index (χ1n) is 6.35. The maximum atomic E-state index is 11.2. The average Bonchev–Trinajstić information content (AvgIpc) is 2.42. The molecule has 0 bridgehead atoms. The van der Waals surface area contributed by atoms with E-state index in [4.69, 9.17) is 9.47 Å². The summed E-state index contributed by atoms with van der Waals surface area (Å²) >= 11 is 0. The van der Waals surface area contributed by atoms with E-state index in [-0.39, 0.29) is 6.61 Å². The van der Waals surface area contributed by atoms with Crippen molar-refractivity contribution in [3.05, 3.63) is 48.0 Å².